The highest BCUT2D eigenvalue weighted by atomic mass is 16.7. The minimum absolute atomic E-state index is 0.0261. The molecule has 6 N–H and O–H groups in total. The SMILES string of the molecule is COC(=O)C1C[C@H](C)[C@@H](OC2O[C@@H](C)[C@@H](O)[C@@H](O)[C@@H]2O)[C@H](O[C@@H]2O[C@H](CO)[C@H](O)[C@H](O[C@@H](CC3CCCCC3)C(=O)O)[C@H]2OC(=O)c2ccccc2)C1. The van der Waals surface area contributed by atoms with E-state index in [9.17, 15) is 45.0 Å². The molecular formula is C37H54O16. The summed E-state index contributed by atoms with van der Waals surface area (Å²) in [5.74, 6) is -3.77. The van der Waals surface area contributed by atoms with Gasteiger partial charge in [0.15, 0.2) is 24.8 Å². The fourth-order valence-corrected chi connectivity index (χ4v) is 7.95. The Morgan fingerprint density at radius 2 is 1.53 bits per heavy atom. The molecule has 2 aliphatic carbocycles. The molecule has 2 unspecified atom stereocenters. The summed E-state index contributed by atoms with van der Waals surface area (Å²) in [5, 5.41) is 63.5. The monoisotopic (exact) mass is 754 g/mol. The Labute approximate surface area is 308 Å². The number of carboxylic acids is 1. The molecule has 298 valence electrons. The summed E-state index contributed by atoms with van der Waals surface area (Å²) in [7, 11) is 1.25. The molecule has 16 heteroatoms. The van der Waals surface area contributed by atoms with Crippen LogP contribution in [0, 0.1) is 17.8 Å². The van der Waals surface area contributed by atoms with E-state index in [1.54, 1.807) is 25.1 Å². The summed E-state index contributed by atoms with van der Waals surface area (Å²) in [6.45, 7) is 2.53. The van der Waals surface area contributed by atoms with Gasteiger partial charge in [-0.1, -0.05) is 57.2 Å². The van der Waals surface area contributed by atoms with Crippen LogP contribution in [0.15, 0.2) is 30.3 Å². The second kappa shape index (κ2) is 18.7. The Kier molecular flexibility index (Phi) is 14.6. The Morgan fingerprint density at radius 3 is 2.17 bits per heavy atom. The first-order valence-corrected chi connectivity index (χ1v) is 18.5. The van der Waals surface area contributed by atoms with Gasteiger partial charge in [0.1, 0.15) is 36.6 Å². The van der Waals surface area contributed by atoms with Crippen molar-refractivity contribution >= 4 is 17.9 Å². The van der Waals surface area contributed by atoms with E-state index in [0.29, 0.717) is 0 Å². The molecule has 2 heterocycles. The Hall–Kier alpha value is -2.77. The number of carbonyl (C=O) groups is 3. The topological polar surface area (TPSA) is 237 Å². The highest BCUT2D eigenvalue weighted by Gasteiger charge is 2.54. The minimum atomic E-state index is -1.66. The molecule has 4 aliphatic rings. The normalized spacial score (nSPS) is 38.8. The first-order valence-electron chi connectivity index (χ1n) is 18.5. The van der Waals surface area contributed by atoms with Crippen molar-refractivity contribution in [2.45, 2.75) is 145 Å². The van der Waals surface area contributed by atoms with E-state index >= 15 is 0 Å². The van der Waals surface area contributed by atoms with Gasteiger partial charge in [-0.05, 0) is 50.2 Å². The minimum Gasteiger partial charge on any atom is -0.479 e. The Balaban J connectivity index is 1.48. The van der Waals surface area contributed by atoms with Crippen LogP contribution in [0.5, 0.6) is 0 Å². The number of methoxy groups -OCH3 is 1. The van der Waals surface area contributed by atoms with E-state index in [1.807, 2.05) is 0 Å². The van der Waals surface area contributed by atoms with Gasteiger partial charge in [-0.15, -0.1) is 0 Å². The fourth-order valence-electron chi connectivity index (χ4n) is 7.95. The molecule has 0 spiro atoms. The van der Waals surface area contributed by atoms with Gasteiger partial charge < -0.3 is 63.8 Å². The lowest BCUT2D eigenvalue weighted by atomic mass is 9.78. The average molecular weight is 755 g/mol. The van der Waals surface area contributed by atoms with Crippen LogP contribution in [0.4, 0.5) is 0 Å². The third-order valence-electron chi connectivity index (χ3n) is 11.0. The second-order valence-electron chi connectivity index (χ2n) is 14.7. The number of aliphatic hydroxyl groups is 5. The number of aliphatic hydroxyl groups excluding tert-OH is 5. The average Bonchev–Trinajstić information content (AvgIpc) is 3.16. The van der Waals surface area contributed by atoms with E-state index < -0.39 is 116 Å². The zero-order valence-corrected chi connectivity index (χ0v) is 30.3. The van der Waals surface area contributed by atoms with Gasteiger partial charge in [-0.3, -0.25) is 4.79 Å². The molecule has 1 aromatic carbocycles. The smallest absolute Gasteiger partial charge is 0.338 e. The van der Waals surface area contributed by atoms with Crippen LogP contribution in [0.2, 0.25) is 0 Å². The highest BCUT2D eigenvalue weighted by molar-refractivity contribution is 5.89. The molecule has 0 aromatic heterocycles. The number of hydrogen-bond acceptors (Lipinski definition) is 15. The number of hydrogen-bond donors (Lipinski definition) is 6. The van der Waals surface area contributed by atoms with Crippen LogP contribution in [0.25, 0.3) is 0 Å². The molecule has 4 fully saturated rings. The van der Waals surface area contributed by atoms with Gasteiger partial charge in [0.05, 0.1) is 43.5 Å². The molecule has 2 saturated carbocycles. The number of ether oxygens (including phenoxy) is 7. The highest BCUT2D eigenvalue weighted by Crippen LogP contribution is 2.39. The van der Waals surface area contributed by atoms with Crippen molar-refractivity contribution in [1.29, 1.82) is 0 Å². The molecule has 16 nitrogen and oxygen atoms in total. The quantitative estimate of drug-likeness (QED) is 0.154. The molecule has 2 aliphatic heterocycles. The van der Waals surface area contributed by atoms with Crippen molar-refractivity contribution < 1.29 is 78.2 Å². The first kappa shape index (κ1) is 41.4. The van der Waals surface area contributed by atoms with Gasteiger partial charge in [-0.25, -0.2) is 9.59 Å². The van der Waals surface area contributed by atoms with Gasteiger partial charge in [-0.2, -0.15) is 0 Å². The molecule has 5 rings (SSSR count). The van der Waals surface area contributed by atoms with Crippen molar-refractivity contribution in [1.82, 2.24) is 0 Å². The summed E-state index contributed by atoms with van der Waals surface area (Å²) in [5.41, 5.74) is 0.136. The van der Waals surface area contributed by atoms with E-state index in [1.165, 1.54) is 26.2 Å². The van der Waals surface area contributed by atoms with E-state index in [4.69, 9.17) is 33.2 Å². The van der Waals surface area contributed by atoms with Crippen LogP contribution in [0.3, 0.4) is 0 Å². The summed E-state index contributed by atoms with van der Waals surface area (Å²) in [4.78, 5) is 39.0. The van der Waals surface area contributed by atoms with Crippen molar-refractivity contribution in [2.75, 3.05) is 13.7 Å². The number of aliphatic carboxylic acids is 1. The zero-order valence-electron chi connectivity index (χ0n) is 30.3. The number of benzene rings is 1. The number of carbonyl (C=O) groups excluding carboxylic acids is 2. The zero-order chi connectivity index (χ0) is 38.4. The summed E-state index contributed by atoms with van der Waals surface area (Å²) < 4.78 is 41.6. The molecule has 1 aromatic rings. The number of rotatable bonds is 13. The molecule has 0 amide bonds. The Bertz CT molecular complexity index is 1340. The van der Waals surface area contributed by atoms with E-state index in [-0.39, 0.29) is 30.7 Å². The predicted octanol–water partition coefficient (Wildman–Crippen LogP) is 0.916. The van der Waals surface area contributed by atoms with Crippen LogP contribution in [0.1, 0.15) is 75.6 Å². The predicted molar refractivity (Wildman–Crippen MR) is 181 cm³/mol. The Morgan fingerprint density at radius 1 is 0.830 bits per heavy atom. The van der Waals surface area contributed by atoms with Crippen LogP contribution in [-0.4, -0.2) is 142 Å². The van der Waals surface area contributed by atoms with Crippen molar-refractivity contribution in [3.8, 4) is 0 Å². The van der Waals surface area contributed by atoms with Crippen LogP contribution >= 0.6 is 0 Å². The molecule has 15 atom stereocenters. The van der Waals surface area contributed by atoms with Crippen LogP contribution in [-0.2, 0) is 42.7 Å². The lowest BCUT2D eigenvalue weighted by Crippen LogP contribution is -2.64. The first-order chi connectivity index (χ1) is 25.3. The lowest BCUT2D eigenvalue weighted by Gasteiger charge is -2.48. The van der Waals surface area contributed by atoms with Gasteiger partial charge in [0, 0.05) is 0 Å². The molecule has 0 bridgehead atoms. The van der Waals surface area contributed by atoms with Crippen molar-refractivity contribution in [3.05, 3.63) is 35.9 Å². The van der Waals surface area contributed by atoms with Crippen molar-refractivity contribution in [3.63, 3.8) is 0 Å². The molecule has 53 heavy (non-hydrogen) atoms. The lowest BCUT2D eigenvalue weighted by molar-refractivity contribution is -0.349. The van der Waals surface area contributed by atoms with Gasteiger partial charge in [0.25, 0.3) is 0 Å². The second-order valence-corrected chi connectivity index (χ2v) is 14.7. The fraction of sp³-hybridized carbons (Fsp3) is 0.757. The van der Waals surface area contributed by atoms with Crippen molar-refractivity contribution in [2.24, 2.45) is 17.8 Å². The van der Waals surface area contributed by atoms with Crippen LogP contribution < -0.4 is 0 Å². The number of carboxylic acid groups (broad SMARTS) is 1. The standard InChI is InChI=1S/C37H54O16/c1-18-14-22(34(45)47-3)16-23(30(18)53-36-29(42)28(41)26(39)19(2)48-36)50-37-32(52-35(46)21-12-8-5-9-13-21)31(27(40)25(17-38)51-37)49-24(33(43)44)15-20-10-6-4-7-11-20/h5,8-9,12-13,18-20,22-32,36-42H,4,6-7,10-11,14-17H2,1-3H3,(H,43,44)/t18-,19-,22?,23+,24-,25+,26+,27-,28+,29-,30+,31-,32+,36?,37+/m0/s1. The maximum absolute atomic E-state index is 13.6. The van der Waals surface area contributed by atoms with E-state index in [2.05, 4.69) is 0 Å². The maximum Gasteiger partial charge on any atom is 0.338 e. The summed E-state index contributed by atoms with van der Waals surface area (Å²) in [6, 6.07) is 7.95. The summed E-state index contributed by atoms with van der Waals surface area (Å²) in [6.07, 6.45) is -13.2. The third-order valence-corrected chi connectivity index (χ3v) is 11.0. The van der Waals surface area contributed by atoms with Gasteiger partial charge in [0.2, 0.25) is 0 Å². The summed E-state index contributed by atoms with van der Waals surface area (Å²) >= 11 is 0. The molecule has 2 saturated heterocycles. The number of esters is 2. The van der Waals surface area contributed by atoms with E-state index in [0.717, 1.165) is 32.1 Å². The third kappa shape index (κ3) is 9.92. The van der Waals surface area contributed by atoms with Gasteiger partial charge >= 0.3 is 17.9 Å². The largest absolute Gasteiger partial charge is 0.479 e. The molecule has 0 radical (unpaired) electrons. The maximum atomic E-state index is 13.6. The molecular weight excluding hydrogens is 700 g/mol.